The number of ether oxygens (including phenoxy) is 3. The summed E-state index contributed by atoms with van der Waals surface area (Å²) in [6.07, 6.45) is 1.47. The number of hydrogen-bond acceptors (Lipinski definition) is 8. The number of nitro groups is 1. The van der Waals surface area contributed by atoms with Gasteiger partial charge >= 0.3 is 5.82 Å². The molecule has 0 aliphatic carbocycles. The predicted octanol–water partition coefficient (Wildman–Crippen LogP) is 5.82. The van der Waals surface area contributed by atoms with Crippen LogP contribution in [0.15, 0.2) is 69.7 Å². The molecule has 0 unspecified atom stereocenters. The highest BCUT2D eigenvalue weighted by Crippen LogP contribution is 2.29. The van der Waals surface area contributed by atoms with Crippen LogP contribution in [0.1, 0.15) is 35.7 Å². The van der Waals surface area contributed by atoms with Gasteiger partial charge in [0.25, 0.3) is 5.91 Å². The molecule has 12 heteroatoms. The van der Waals surface area contributed by atoms with Crippen LogP contribution in [0.2, 0.25) is 0 Å². The lowest BCUT2D eigenvalue weighted by Gasteiger charge is -2.13. The summed E-state index contributed by atoms with van der Waals surface area (Å²) in [5, 5.41) is 17.6. The van der Waals surface area contributed by atoms with Crippen LogP contribution in [0.4, 0.5) is 11.5 Å². The number of amides is 1. The fourth-order valence-corrected chi connectivity index (χ4v) is 3.98. The smallest absolute Gasteiger partial charge is 0.404 e. The Labute approximate surface area is 226 Å². The Morgan fingerprint density at radius 3 is 2.47 bits per heavy atom. The lowest BCUT2D eigenvalue weighted by Crippen LogP contribution is -2.10. The molecule has 1 N–H and O–H groups in total. The molecule has 0 radical (unpaired) electrons. The van der Waals surface area contributed by atoms with Crippen LogP contribution >= 0.6 is 15.9 Å². The second-order valence-corrected chi connectivity index (χ2v) is 8.79. The molecule has 198 valence electrons. The van der Waals surface area contributed by atoms with Gasteiger partial charge in [-0.05, 0) is 88.8 Å². The molecule has 0 bridgehead atoms. The van der Waals surface area contributed by atoms with Gasteiger partial charge in [0.1, 0.15) is 29.1 Å². The van der Waals surface area contributed by atoms with Crippen LogP contribution in [0.3, 0.4) is 0 Å². The maximum absolute atomic E-state index is 12.6. The Morgan fingerprint density at radius 2 is 1.79 bits per heavy atom. The van der Waals surface area contributed by atoms with Crippen molar-refractivity contribution in [3.8, 4) is 17.2 Å². The van der Waals surface area contributed by atoms with Crippen molar-refractivity contribution < 1.29 is 28.3 Å². The zero-order chi connectivity index (χ0) is 27.1. The number of nitrogens with zero attached hydrogens (tertiary/aromatic N) is 3. The maximum Gasteiger partial charge on any atom is 0.404 e. The van der Waals surface area contributed by atoms with Crippen LogP contribution in [-0.2, 0) is 13.2 Å². The van der Waals surface area contributed by atoms with Gasteiger partial charge in [-0.15, -0.1) is 0 Å². The average Bonchev–Trinajstić information content (AvgIpc) is 3.52. The number of carbonyl (C=O) groups excluding carboxylic acids is 1. The molecule has 38 heavy (non-hydrogen) atoms. The molecule has 0 atom stereocenters. The lowest BCUT2D eigenvalue weighted by atomic mass is 10.2. The Kier molecular flexibility index (Phi) is 8.64. The Hall–Kier alpha value is -4.32. The number of hydrogen-bond donors (Lipinski definition) is 1. The fraction of sp³-hybridized carbons (Fsp3) is 0.231. The number of rotatable bonds is 12. The van der Waals surface area contributed by atoms with Crippen molar-refractivity contribution in [3.05, 3.63) is 92.5 Å². The van der Waals surface area contributed by atoms with E-state index in [1.165, 1.54) is 16.9 Å². The summed E-state index contributed by atoms with van der Waals surface area (Å²) in [5.41, 5.74) is 1.49. The van der Waals surface area contributed by atoms with E-state index < -0.39 is 10.8 Å². The quantitative estimate of drug-likeness (QED) is 0.163. The van der Waals surface area contributed by atoms with Gasteiger partial charge in [0, 0.05) is 5.69 Å². The van der Waals surface area contributed by atoms with Gasteiger partial charge in [0.15, 0.2) is 17.3 Å². The maximum atomic E-state index is 12.6. The number of furan rings is 1. The molecule has 2 aromatic heterocycles. The Balaban J connectivity index is 1.32. The minimum atomic E-state index is -0.587. The summed E-state index contributed by atoms with van der Waals surface area (Å²) in [5.74, 6) is 1.79. The normalized spacial score (nSPS) is 10.7. The third-order valence-electron chi connectivity index (χ3n) is 5.20. The second-order valence-electron chi connectivity index (χ2n) is 7.94. The number of carbonyl (C=O) groups is 1. The molecule has 2 aromatic carbocycles. The molecule has 0 aliphatic rings. The zero-order valence-electron chi connectivity index (χ0n) is 20.7. The summed E-state index contributed by atoms with van der Waals surface area (Å²) in [4.78, 5) is 23.0. The van der Waals surface area contributed by atoms with E-state index in [-0.39, 0.29) is 22.6 Å². The molecule has 2 heterocycles. The summed E-state index contributed by atoms with van der Waals surface area (Å²) in [6, 6.07) is 15.8. The molecule has 0 fully saturated rings. The first kappa shape index (κ1) is 26.7. The molecule has 0 saturated heterocycles. The number of benzene rings is 2. The van der Waals surface area contributed by atoms with E-state index in [9.17, 15) is 14.9 Å². The molecule has 0 saturated carbocycles. The largest absolute Gasteiger partial charge is 0.490 e. The fourth-order valence-electron chi connectivity index (χ4n) is 3.52. The SMILES string of the molecule is CCOc1ccc(COc2ccc(NC(=O)c3ccc(Cn4cc(Br)c([N+](=O)[O-])n4)o3)cc2)cc1OCC. The molecular formula is C26H25BrN4O7. The number of halogens is 1. The summed E-state index contributed by atoms with van der Waals surface area (Å²) >= 11 is 3.10. The van der Waals surface area contributed by atoms with Gasteiger partial charge in [-0.2, -0.15) is 4.68 Å². The van der Waals surface area contributed by atoms with Gasteiger partial charge in [-0.25, -0.2) is 0 Å². The first-order valence-corrected chi connectivity index (χ1v) is 12.5. The van der Waals surface area contributed by atoms with Crippen LogP contribution < -0.4 is 19.5 Å². The molecule has 0 aliphatic heterocycles. The summed E-state index contributed by atoms with van der Waals surface area (Å²) < 4.78 is 24.3. The van der Waals surface area contributed by atoms with Gasteiger partial charge in [-0.3, -0.25) is 4.79 Å². The zero-order valence-corrected chi connectivity index (χ0v) is 22.3. The molecule has 4 aromatic rings. The lowest BCUT2D eigenvalue weighted by molar-refractivity contribution is -0.390. The van der Waals surface area contributed by atoms with Crippen molar-refractivity contribution in [2.24, 2.45) is 0 Å². The predicted molar refractivity (Wildman–Crippen MR) is 142 cm³/mol. The van der Waals surface area contributed by atoms with E-state index >= 15 is 0 Å². The Morgan fingerprint density at radius 1 is 1.05 bits per heavy atom. The van der Waals surface area contributed by atoms with E-state index in [2.05, 4.69) is 26.3 Å². The number of nitrogens with one attached hydrogen (secondary N) is 1. The number of anilines is 1. The van der Waals surface area contributed by atoms with E-state index in [1.54, 1.807) is 30.3 Å². The van der Waals surface area contributed by atoms with Gasteiger partial charge in [0.05, 0.1) is 24.5 Å². The monoisotopic (exact) mass is 584 g/mol. The minimum absolute atomic E-state index is 0.0987. The van der Waals surface area contributed by atoms with Crippen molar-refractivity contribution in [1.82, 2.24) is 9.78 Å². The van der Waals surface area contributed by atoms with Crippen LogP contribution in [0, 0.1) is 10.1 Å². The third-order valence-corrected chi connectivity index (χ3v) is 5.76. The van der Waals surface area contributed by atoms with Crippen LogP contribution in [0.5, 0.6) is 17.2 Å². The third kappa shape index (κ3) is 6.71. The van der Waals surface area contributed by atoms with Crippen molar-refractivity contribution >= 4 is 33.3 Å². The average molecular weight is 585 g/mol. The Bertz CT molecular complexity index is 1420. The number of aromatic nitrogens is 2. The van der Waals surface area contributed by atoms with Gasteiger partial charge < -0.3 is 34.1 Å². The summed E-state index contributed by atoms with van der Waals surface area (Å²) in [6.45, 7) is 5.39. The van der Waals surface area contributed by atoms with Crippen molar-refractivity contribution in [1.29, 1.82) is 0 Å². The summed E-state index contributed by atoms with van der Waals surface area (Å²) in [7, 11) is 0. The first-order valence-electron chi connectivity index (χ1n) is 11.7. The topological polar surface area (TPSA) is 131 Å². The molecular weight excluding hydrogens is 560 g/mol. The van der Waals surface area contributed by atoms with Gasteiger partial charge in [0.2, 0.25) is 0 Å². The molecule has 4 rings (SSSR count). The molecule has 0 spiro atoms. The van der Waals surface area contributed by atoms with Crippen molar-refractivity contribution in [2.45, 2.75) is 27.0 Å². The van der Waals surface area contributed by atoms with Crippen molar-refractivity contribution in [3.63, 3.8) is 0 Å². The standard InChI is InChI=1S/C26H25BrN4O7/c1-3-35-22-11-5-17(13-24(22)36-4-2)16-37-19-8-6-18(7-9-19)28-26(32)23-12-10-20(38-23)14-30-15-21(27)25(29-30)31(33)34/h5-13,15H,3-4,14,16H2,1-2H3,(H,28,32). The minimum Gasteiger partial charge on any atom is -0.490 e. The molecule has 1 amide bonds. The van der Waals surface area contributed by atoms with E-state index in [1.807, 2.05) is 32.0 Å². The van der Waals surface area contributed by atoms with E-state index in [4.69, 9.17) is 18.6 Å². The van der Waals surface area contributed by atoms with Gasteiger partial charge in [-0.1, -0.05) is 6.07 Å². The molecule has 11 nitrogen and oxygen atoms in total. The van der Waals surface area contributed by atoms with Crippen molar-refractivity contribution in [2.75, 3.05) is 18.5 Å². The highest BCUT2D eigenvalue weighted by atomic mass is 79.9. The first-order chi connectivity index (χ1) is 18.4. The second kappa shape index (κ2) is 12.3. The van der Waals surface area contributed by atoms with Crippen LogP contribution in [-0.4, -0.2) is 33.8 Å². The van der Waals surface area contributed by atoms with Crippen LogP contribution in [0.25, 0.3) is 0 Å². The highest BCUT2D eigenvalue weighted by Gasteiger charge is 2.20. The van der Waals surface area contributed by atoms with E-state index in [0.29, 0.717) is 48.5 Å². The van der Waals surface area contributed by atoms with E-state index in [0.717, 1.165) is 5.56 Å². The highest BCUT2D eigenvalue weighted by molar-refractivity contribution is 9.10.